The molecular weight excluding hydrogens is 489 g/mol. The first kappa shape index (κ1) is 25.3. The van der Waals surface area contributed by atoms with Gasteiger partial charge >= 0.3 is 6.18 Å². The van der Waals surface area contributed by atoms with Gasteiger partial charge in [-0.1, -0.05) is 59.8 Å². The third-order valence-corrected chi connectivity index (χ3v) is 6.34. The first-order chi connectivity index (χ1) is 17.3. The van der Waals surface area contributed by atoms with Crippen LogP contribution >= 0.6 is 11.8 Å². The van der Waals surface area contributed by atoms with Crippen LogP contribution in [0.25, 0.3) is 5.69 Å². The Morgan fingerprint density at radius 1 is 1.03 bits per heavy atom. The maximum absolute atomic E-state index is 13.1. The van der Waals surface area contributed by atoms with Gasteiger partial charge in [0.15, 0.2) is 11.0 Å². The highest BCUT2D eigenvalue weighted by molar-refractivity contribution is 7.98. The van der Waals surface area contributed by atoms with Gasteiger partial charge in [-0.15, -0.1) is 10.2 Å². The minimum absolute atomic E-state index is 0.0853. The molecule has 0 spiro atoms. The third kappa shape index (κ3) is 5.88. The largest absolute Gasteiger partial charge is 0.495 e. The lowest BCUT2D eigenvalue weighted by Crippen LogP contribution is -2.24. The van der Waals surface area contributed by atoms with Gasteiger partial charge in [0.1, 0.15) is 5.75 Å². The smallest absolute Gasteiger partial charge is 0.416 e. The quantitative estimate of drug-likeness (QED) is 0.301. The van der Waals surface area contributed by atoms with Gasteiger partial charge in [0, 0.05) is 11.3 Å². The van der Waals surface area contributed by atoms with Crippen LogP contribution in [0.4, 0.5) is 13.2 Å². The van der Waals surface area contributed by atoms with Crippen LogP contribution in [0, 0.1) is 6.92 Å². The molecule has 4 aromatic rings. The molecule has 0 fully saturated rings. The van der Waals surface area contributed by atoms with Crippen LogP contribution in [-0.4, -0.2) is 27.8 Å². The summed E-state index contributed by atoms with van der Waals surface area (Å²) in [4.78, 5) is 12.7. The van der Waals surface area contributed by atoms with Gasteiger partial charge in [0.2, 0.25) is 0 Å². The van der Waals surface area contributed by atoms with Crippen LogP contribution < -0.4 is 10.1 Å². The molecule has 0 bridgehead atoms. The molecule has 0 saturated carbocycles. The lowest BCUT2D eigenvalue weighted by Gasteiger charge is -2.14. The first-order valence-corrected chi connectivity index (χ1v) is 12.0. The number of nitrogens with one attached hydrogen (secondary N) is 1. The van der Waals surface area contributed by atoms with Gasteiger partial charge in [-0.25, -0.2) is 0 Å². The zero-order valence-electron chi connectivity index (χ0n) is 19.5. The number of methoxy groups -OCH3 is 1. The fraction of sp³-hybridized carbons (Fsp3) is 0.192. The Hall–Kier alpha value is -3.79. The van der Waals surface area contributed by atoms with Crippen molar-refractivity contribution in [2.75, 3.05) is 7.11 Å². The van der Waals surface area contributed by atoms with E-state index in [4.69, 9.17) is 4.74 Å². The standard InChI is InChI=1S/C26H23F3N4O2S/c1-17-7-5-9-19(13-17)24(34)30-15-23-31-32-25(33(23)21-11-3-4-12-22(21)35-2)36-16-18-8-6-10-20(14-18)26(27,28)29/h3-14H,15-16H2,1-2H3,(H,30,34). The Morgan fingerprint density at radius 2 is 1.81 bits per heavy atom. The summed E-state index contributed by atoms with van der Waals surface area (Å²) in [6.07, 6.45) is -4.42. The summed E-state index contributed by atoms with van der Waals surface area (Å²) in [5.74, 6) is 0.996. The Bertz CT molecular complexity index is 1370. The lowest BCUT2D eigenvalue weighted by atomic mass is 10.1. The maximum atomic E-state index is 13.1. The van der Waals surface area contributed by atoms with Crippen molar-refractivity contribution in [1.29, 1.82) is 0 Å². The van der Waals surface area contributed by atoms with Crippen molar-refractivity contribution < 1.29 is 22.7 Å². The number of carbonyl (C=O) groups is 1. The number of alkyl halides is 3. The molecule has 10 heteroatoms. The van der Waals surface area contributed by atoms with Crippen molar-refractivity contribution in [2.24, 2.45) is 0 Å². The van der Waals surface area contributed by atoms with E-state index in [-0.39, 0.29) is 18.2 Å². The lowest BCUT2D eigenvalue weighted by molar-refractivity contribution is -0.137. The summed E-state index contributed by atoms with van der Waals surface area (Å²) in [7, 11) is 1.54. The first-order valence-electron chi connectivity index (χ1n) is 11.0. The van der Waals surface area contributed by atoms with E-state index in [1.807, 2.05) is 37.3 Å². The average Bonchev–Trinajstić information content (AvgIpc) is 3.28. The highest BCUT2D eigenvalue weighted by Gasteiger charge is 2.30. The Morgan fingerprint density at radius 3 is 2.56 bits per heavy atom. The predicted molar refractivity (Wildman–Crippen MR) is 131 cm³/mol. The molecule has 0 saturated heterocycles. The maximum Gasteiger partial charge on any atom is 0.416 e. The molecule has 0 aliphatic carbocycles. The van der Waals surface area contributed by atoms with Gasteiger partial charge in [-0.05, 0) is 42.8 Å². The molecule has 3 aromatic carbocycles. The zero-order chi connectivity index (χ0) is 25.7. The van der Waals surface area contributed by atoms with Crippen molar-refractivity contribution in [2.45, 2.75) is 30.6 Å². The number of carbonyl (C=O) groups excluding carboxylic acids is 1. The second-order valence-electron chi connectivity index (χ2n) is 7.95. The minimum Gasteiger partial charge on any atom is -0.495 e. The number of hydrogen-bond donors (Lipinski definition) is 1. The van der Waals surface area contributed by atoms with Gasteiger partial charge in [0.05, 0.1) is 24.9 Å². The number of thioether (sulfide) groups is 1. The van der Waals surface area contributed by atoms with Crippen LogP contribution in [0.3, 0.4) is 0 Å². The van der Waals surface area contributed by atoms with Gasteiger partial charge in [-0.3, -0.25) is 9.36 Å². The Labute approximate surface area is 210 Å². The highest BCUT2D eigenvalue weighted by Crippen LogP contribution is 2.33. The predicted octanol–water partition coefficient (Wildman–Crippen LogP) is 5.83. The van der Waals surface area contributed by atoms with Crippen molar-refractivity contribution in [3.05, 3.63) is 101 Å². The molecule has 1 heterocycles. The average molecular weight is 513 g/mol. The van der Waals surface area contributed by atoms with Crippen molar-refractivity contribution in [1.82, 2.24) is 20.1 Å². The second kappa shape index (κ2) is 10.9. The van der Waals surface area contributed by atoms with Crippen LogP contribution in [-0.2, 0) is 18.5 Å². The van der Waals surface area contributed by atoms with Crippen molar-refractivity contribution in [3.8, 4) is 11.4 Å². The Kier molecular flexibility index (Phi) is 7.64. The summed E-state index contributed by atoms with van der Waals surface area (Å²) in [5, 5.41) is 11.8. The number of para-hydroxylation sites is 2. The number of hydrogen-bond acceptors (Lipinski definition) is 5. The van der Waals surface area contributed by atoms with Crippen molar-refractivity contribution in [3.63, 3.8) is 0 Å². The van der Waals surface area contributed by atoms with Crippen LogP contribution in [0.2, 0.25) is 0 Å². The van der Waals surface area contributed by atoms with E-state index < -0.39 is 11.7 Å². The van der Waals surface area contributed by atoms with E-state index in [9.17, 15) is 18.0 Å². The molecule has 0 atom stereocenters. The SMILES string of the molecule is COc1ccccc1-n1c(CNC(=O)c2cccc(C)c2)nnc1SCc1cccc(C(F)(F)F)c1. The van der Waals surface area contributed by atoms with E-state index in [2.05, 4.69) is 15.5 Å². The molecule has 0 unspecified atom stereocenters. The van der Waals surface area contributed by atoms with Gasteiger partial charge < -0.3 is 10.1 Å². The molecule has 0 aliphatic rings. The third-order valence-electron chi connectivity index (χ3n) is 5.34. The topological polar surface area (TPSA) is 69.0 Å². The number of ether oxygens (including phenoxy) is 1. The molecule has 1 N–H and O–H groups in total. The Balaban J connectivity index is 1.61. The van der Waals surface area contributed by atoms with Crippen LogP contribution in [0.5, 0.6) is 5.75 Å². The monoisotopic (exact) mass is 512 g/mol. The zero-order valence-corrected chi connectivity index (χ0v) is 20.4. The number of rotatable bonds is 8. The van der Waals surface area contributed by atoms with Gasteiger partial charge in [-0.2, -0.15) is 13.2 Å². The normalized spacial score (nSPS) is 11.4. The summed E-state index contributed by atoms with van der Waals surface area (Å²) in [6.45, 7) is 1.99. The van der Waals surface area contributed by atoms with E-state index in [1.54, 1.807) is 28.8 Å². The summed E-state index contributed by atoms with van der Waals surface area (Å²) in [6, 6.07) is 19.7. The van der Waals surface area contributed by atoms with Crippen LogP contribution in [0.1, 0.15) is 32.9 Å². The van der Waals surface area contributed by atoms with Gasteiger partial charge in [0.25, 0.3) is 5.91 Å². The number of halogens is 3. The molecule has 6 nitrogen and oxygen atoms in total. The van der Waals surface area contributed by atoms with E-state index in [1.165, 1.54) is 24.9 Å². The summed E-state index contributed by atoms with van der Waals surface area (Å²) < 4.78 is 46.6. The molecule has 4 rings (SSSR count). The van der Waals surface area contributed by atoms with E-state index >= 15 is 0 Å². The number of aromatic nitrogens is 3. The molecule has 36 heavy (non-hydrogen) atoms. The molecular formula is C26H23F3N4O2S. The van der Waals surface area contributed by atoms with E-state index in [0.29, 0.717) is 33.5 Å². The molecule has 0 radical (unpaired) electrons. The number of nitrogens with zero attached hydrogens (tertiary/aromatic N) is 3. The fourth-order valence-electron chi connectivity index (χ4n) is 3.60. The van der Waals surface area contributed by atoms with Crippen LogP contribution in [0.15, 0.2) is 78.0 Å². The minimum atomic E-state index is -4.42. The molecule has 1 amide bonds. The second-order valence-corrected chi connectivity index (χ2v) is 8.89. The van der Waals surface area contributed by atoms with E-state index in [0.717, 1.165) is 17.7 Å². The number of benzene rings is 3. The molecule has 0 aliphatic heterocycles. The summed E-state index contributed by atoms with van der Waals surface area (Å²) in [5.41, 5.74) is 1.94. The fourth-order valence-corrected chi connectivity index (χ4v) is 4.50. The molecule has 1 aromatic heterocycles. The number of aryl methyl sites for hydroxylation is 1. The number of amides is 1. The summed E-state index contributed by atoms with van der Waals surface area (Å²) >= 11 is 1.24. The highest BCUT2D eigenvalue weighted by atomic mass is 32.2. The molecule has 186 valence electrons. The van der Waals surface area contributed by atoms with Crippen molar-refractivity contribution >= 4 is 17.7 Å².